The van der Waals surface area contributed by atoms with Gasteiger partial charge in [0.15, 0.2) is 5.82 Å². The lowest BCUT2D eigenvalue weighted by Crippen LogP contribution is -2.28. The van der Waals surface area contributed by atoms with E-state index >= 15 is 0 Å². The Hall–Kier alpha value is -1.36. The minimum atomic E-state index is -0.101. The fourth-order valence-electron chi connectivity index (χ4n) is 1.79. The van der Waals surface area contributed by atoms with Crippen molar-refractivity contribution in [1.29, 1.82) is 0 Å². The Morgan fingerprint density at radius 3 is 2.82 bits per heavy atom. The molecule has 5 nitrogen and oxygen atoms in total. The van der Waals surface area contributed by atoms with Gasteiger partial charge < -0.3 is 15.0 Å². The van der Waals surface area contributed by atoms with Crippen molar-refractivity contribution in [3.05, 3.63) is 22.7 Å². The molecule has 0 unspecified atom stereocenters. The van der Waals surface area contributed by atoms with E-state index < -0.39 is 0 Å². The smallest absolute Gasteiger partial charge is 0.293 e. The first-order chi connectivity index (χ1) is 8.08. The van der Waals surface area contributed by atoms with E-state index in [2.05, 4.69) is 10.3 Å². The number of aliphatic hydroxyl groups is 1. The zero-order chi connectivity index (χ0) is 12.5. The van der Waals surface area contributed by atoms with E-state index in [9.17, 15) is 9.90 Å². The van der Waals surface area contributed by atoms with Gasteiger partial charge in [0, 0.05) is 30.4 Å². The van der Waals surface area contributed by atoms with Crippen LogP contribution in [0.1, 0.15) is 32.7 Å². The van der Waals surface area contributed by atoms with Gasteiger partial charge in [0.05, 0.1) is 6.61 Å². The van der Waals surface area contributed by atoms with E-state index in [1.54, 1.807) is 17.0 Å². The van der Waals surface area contributed by atoms with Crippen LogP contribution in [0.15, 0.2) is 17.2 Å². The van der Waals surface area contributed by atoms with Crippen molar-refractivity contribution in [3.63, 3.8) is 0 Å². The van der Waals surface area contributed by atoms with E-state index in [4.69, 9.17) is 0 Å². The highest BCUT2D eigenvalue weighted by Gasteiger charge is 2.41. The van der Waals surface area contributed by atoms with Gasteiger partial charge in [-0.15, -0.1) is 0 Å². The summed E-state index contributed by atoms with van der Waals surface area (Å²) in [5.74, 6) is 0.376. The number of rotatable bonds is 5. The molecule has 0 bridgehead atoms. The number of hydrogen-bond acceptors (Lipinski definition) is 4. The fraction of sp³-hybridized carbons (Fsp3) is 0.667. The molecule has 0 amide bonds. The van der Waals surface area contributed by atoms with E-state index in [0.717, 1.165) is 12.8 Å². The van der Waals surface area contributed by atoms with Crippen LogP contribution in [-0.4, -0.2) is 27.8 Å². The number of aromatic nitrogens is 2. The van der Waals surface area contributed by atoms with E-state index in [-0.39, 0.29) is 23.6 Å². The maximum atomic E-state index is 12.0. The van der Waals surface area contributed by atoms with Crippen LogP contribution >= 0.6 is 0 Å². The standard InChI is InChI=1S/C12H19N3O2/c1-9(2)15-6-5-13-10(11(15)17)14-7-12(8-16)3-4-12/h5-6,9,16H,3-4,7-8H2,1-2H3,(H,13,14). The zero-order valence-corrected chi connectivity index (χ0v) is 10.3. The maximum Gasteiger partial charge on any atom is 0.293 e. The maximum absolute atomic E-state index is 12.0. The summed E-state index contributed by atoms with van der Waals surface area (Å²) in [6.45, 7) is 4.71. The molecule has 5 heteroatoms. The molecule has 1 heterocycles. The SMILES string of the molecule is CC(C)n1ccnc(NCC2(CO)CC2)c1=O. The number of anilines is 1. The molecule has 1 saturated carbocycles. The second-order valence-electron chi connectivity index (χ2n) is 5.09. The second kappa shape index (κ2) is 4.49. The highest BCUT2D eigenvalue weighted by atomic mass is 16.3. The van der Waals surface area contributed by atoms with Gasteiger partial charge in [0.25, 0.3) is 5.56 Å². The number of hydrogen-bond donors (Lipinski definition) is 2. The molecule has 1 aliphatic rings. The molecule has 2 rings (SSSR count). The second-order valence-corrected chi connectivity index (χ2v) is 5.09. The molecule has 0 aromatic carbocycles. The molecule has 17 heavy (non-hydrogen) atoms. The van der Waals surface area contributed by atoms with E-state index in [1.165, 1.54) is 0 Å². The molecule has 1 aromatic rings. The summed E-state index contributed by atoms with van der Waals surface area (Å²) in [5.41, 5.74) is -0.122. The summed E-state index contributed by atoms with van der Waals surface area (Å²) >= 11 is 0. The molecule has 1 aliphatic carbocycles. The Morgan fingerprint density at radius 1 is 1.59 bits per heavy atom. The Morgan fingerprint density at radius 2 is 2.29 bits per heavy atom. The Labute approximate surface area is 100 Å². The van der Waals surface area contributed by atoms with Crippen LogP contribution in [0.5, 0.6) is 0 Å². The number of nitrogens with zero attached hydrogens (tertiary/aromatic N) is 2. The van der Waals surface area contributed by atoms with Crippen LogP contribution in [0.25, 0.3) is 0 Å². The van der Waals surface area contributed by atoms with Crippen LogP contribution in [-0.2, 0) is 0 Å². The van der Waals surface area contributed by atoms with Crippen LogP contribution in [0, 0.1) is 5.41 Å². The molecule has 0 atom stereocenters. The normalized spacial score (nSPS) is 17.2. The topological polar surface area (TPSA) is 67.2 Å². The minimum Gasteiger partial charge on any atom is -0.396 e. The van der Waals surface area contributed by atoms with Crippen molar-refractivity contribution in [1.82, 2.24) is 9.55 Å². The lowest BCUT2D eigenvalue weighted by Gasteiger charge is -2.15. The molecule has 0 radical (unpaired) electrons. The number of nitrogens with one attached hydrogen (secondary N) is 1. The summed E-state index contributed by atoms with van der Waals surface area (Å²) in [4.78, 5) is 16.1. The summed E-state index contributed by atoms with van der Waals surface area (Å²) in [5, 5.41) is 12.3. The van der Waals surface area contributed by atoms with Gasteiger partial charge in [-0.3, -0.25) is 4.79 Å². The Kier molecular flexibility index (Phi) is 3.19. The van der Waals surface area contributed by atoms with Gasteiger partial charge in [-0.1, -0.05) is 0 Å². The first kappa shape index (κ1) is 12.1. The van der Waals surface area contributed by atoms with E-state index in [0.29, 0.717) is 12.4 Å². The van der Waals surface area contributed by atoms with Crippen molar-refractivity contribution in [3.8, 4) is 0 Å². The Bertz CT molecular complexity index is 449. The lowest BCUT2D eigenvalue weighted by molar-refractivity contribution is 0.219. The van der Waals surface area contributed by atoms with Crippen molar-refractivity contribution in [2.45, 2.75) is 32.7 Å². The van der Waals surface area contributed by atoms with E-state index in [1.807, 2.05) is 13.8 Å². The molecule has 1 fully saturated rings. The summed E-state index contributed by atoms with van der Waals surface area (Å²) in [6.07, 6.45) is 5.35. The van der Waals surface area contributed by atoms with Gasteiger partial charge in [-0.2, -0.15) is 0 Å². The van der Waals surface area contributed by atoms with Crippen LogP contribution in [0.4, 0.5) is 5.82 Å². The summed E-state index contributed by atoms with van der Waals surface area (Å²) in [6, 6.07) is 0.124. The van der Waals surface area contributed by atoms with Gasteiger partial charge in [-0.05, 0) is 26.7 Å². The molecule has 0 spiro atoms. The van der Waals surface area contributed by atoms with Crippen molar-refractivity contribution in [2.75, 3.05) is 18.5 Å². The molecular weight excluding hydrogens is 218 g/mol. The third-order valence-electron chi connectivity index (χ3n) is 3.35. The predicted octanol–water partition coefficient (Wildman–Crippen LogP) is 1.01. The van der Waals surface area contributed by atoms with Crippen molar-refractivity contribution < 1.29 is 5.11 Å². The highest BCUT2D eigenvalue weighted by molar-refractivity contribution is 5.32. The molecular formula is C12H19N3O2. The monoisotopic (exact) mass is 237 g/mol. The van der Waals surface area contributed by atoms with Gasteiger partial charge in [-0.25, -0.2) is 4.98 Å². The quantitative estimate of drug-likeness (QED) is 0.802. The van der Waals surface area contributed by atoms with Crippen molar-refractivity contribution in [2.24, 2.45) is 5.41 Å². The number of aliphatic hydroxyl groups excluding tert-OH is 1. The van der Waals surface area contributed by atoms with Gasteiger partial charge in [0.2, 0.25) is 0 Å². The summed E-state index contributed by atoms with van der Waals surface area (Å²) in [7, 11) is 0. The summed E-state index contributed by atoms with van der Waals surface area (Å²) < 4.78 is 1.65. The predicted molar refractivity (Wildman–Crippen MR) is 66.1 cm³/mol. The van der Waals surface area contributed by atoms with Crippen LogP contribution < -0.4 is 10.9 Å². The molecule has 0 aliphatic heterocycles. The lowest BCUT2D eigenvalue weighted by atomic mass is 10.1. The highest BCUT2D eigenvalue weighted by Crippen LogP contribution is 2.44. The first-order valence-corrected chi connectivity index (χ1v) is 6.00. The fourth-order valence-corrected chi connectivity index (χ4v) is 1.79. The average molecular weight is 237 g/mol. The average Bonchev–Trinajstić information content (AvgIpc) is 3.08. The molecule has 94 valence electrons. The van der Waals surface area contributed by atoms with Crippen LogP contribution in [0.3, 0.4) is 0 Å². The molecule has 1 aromatic heterocycles. The largest absolute Gasteiger partial charge is 0.396 e. The van der Waals surface area contributed by atoms with Crippen molar-refractivity contribution >= 4 is 5.82 Å². The van der Waals surface area contributed by atoms with Crippen LogP contribution in [0.2, 0.25) is 0 Å². The third-order valence-corrected chi connectivity index (χ3v) is 3.35. The third kappa shape index (κ3) is 2.49. The van der Waals surface area contributed by atoms with Gasteiger partial charge >= 0.3 is 0 Å². The Balaban J connectivity index is 2.11. The molecule has 2 N–H and O–H groups in total. The van der Waals surface area contributed by atoms with Gasteiger partial charge in [0.1, 0.15) is 0 Å². The zero-order valence-electron chi connectivity index (χ0n) is 10.3. The first-order valence-electron chi connectivity index (χ1n) is 6.00. The minimum absolute atomic E-state index is 0.0212. The molecule has 0 saturated heterocycles.